The third-order valence-corrected chi connectivity index (χ3v) is 6.16. The number of carbonyl (C=O) groups is 1. The molecule has 1 saturated heterocycles. The Balaban J connectivity index is 2.01. The van der Waals surface area contributed by atoms with E-state index in [4.69, 9.17) is 23.2 Å². The van der Waals surface area contributed by atoms with E-state index in [0.717, 1.165) is 30.5 Å². The fraction of sp³-hybridized carbons (Fsp3) is 0.350. The SMILES string of the molecule is CSc1ccc(C(c2ccc(Cl)cc2Cl)N2CCCC(C(=O)O)C2)cc1. The molecule has 1 aliphatic heterocycles. The molecule has 2 unspecified atom stereocenters. The van der Waals surface area contributed by atoms with Gasteiger partial charge in [0.05, 0.1) is 12.0 Å². The number of rotatable bonds is 5. The lowest BCUT2D eigenvalue weighted by molar-refractivity contribution is -0.143. The highest BCUT2D eigenvalue weighted by Crippen LogP contribution is 2.37. The third kappa shape index (κ3) is 4.37. The number of hydrogen-bond donors (Lipinski definition) is 1. The van der Waals surface area contributed by atoms with Crippen LogP contribution in [0.2, 0.25) is 10.0 Å². The van der Waals surface area contributed by atoms with Crippen LogP contribution in [0.3, 0.4) is 0 Å². The molecule has 26 heavy (non-hydrogen) atoms. The molecule has 138 valence electrons. The summed E-state index contributed by atoms with van der Waals surface area (Å²) in [6.07, 6.45) is 3.63. The molecule has 2 atom stereocenters. The average molecular weight is 410 g/mol. The molecule has 0 radical (unpaired) electrons. The van der Waals surface area contributed by atoms with Crippen LogP contribution in [0.15, 0.2) is 47.4 Å². The van der Waals surface area contributed by atoms with Gasteiger partial charge in [0.25, 0.3) is 0 Å². The first-order valence-electron chi connectivity index (χ1n) is 8.55. The number of halogens is 2. The van der Waals surface area contributed by atoms with Crippen LogP contribution >= 0.6 is 35.0 Å². The maximum atomic E-state index is 11.5. The van der Waals surface area contributed by atoms with E-state index in [1.807, 2.05) is 18.4 Å². The lowest BCUT2D eigenvalue weighted by Crippen LogP contribution is -2.41. The Morgan fingerprint density at radius 2 is 1.96 bits per heavy atom. The number of thioether (sulfide) groups is 1. The fourth-order valence-electron chi connectivity index (χ4n) is 3.54. The molecule has 0 aliphatic carbocycles. The van der Waals surface area contributed by atoms with Crippen LogP contribution in [0.4, 0.5) is 0 Å². The minimum absolute atomic E-state index is 0.0853. The van der Waals surface area contributed by atoms with Gasteiger partial charge < -0.3 is 5.11 Å². The standard InChI is InChI=1S/C20H21Cl2NO2S/c1-26-16-7-4-13(5-8-16)19(17-9-6-15(21)11-18(17)22)23-10-2-3-14(12-23)20(24)25/h4-9,11,14,19H,2-3,10,12H2,1H3,(H,24,25). The maximum absolute atomic E-state index is 11.5. The molecule has 2 aromatic rings. The van der Waals surface area contributed by atoms with Crippen molar-refractivity contribution in [1.82, 2.24) is 4.90 Å². The summed E-state index contributed by atoms with van der Waals surface area (Å²) in [4.78, 5) is 14.9. The van der Waals surface area contributed by atoms with Crippen molar-refractivity contribution in [3.05, 3.63) is 63.6 Å². The van der Waals surface area contributed by atoms with Crippen molar-refractivity contribution >= 4 is 40.9 Å². The van der Waals surface area contributed by atoms with Crippen LogP contribution in [0, 0.1) is 5.92 Å². The lowest BCUT2D eigenvalue weighted by atomic mass is 9.91. The molecule has 0 amide bonds. The Hall–Kier alpha value is -1.20. The van der Waals surface area contributed by atoms with Crippen molar-refractivity contribution in [3.63, 3.8) is 0 Å². The molecule has 1 heterocycles. The number of aliphatic carboxylic acids is 1. The second kappa shape index (κ2) is 8.66. The van der Waals surface area contributed by atoms with Crippen LogP contribution in [0.25, 0.3) is 0 Å². The summed E-state index contributed by atoms with van der Waals surface area (Å²) in [7, 11) is 0. The molecule has 3 nitrogen and oxygen atoms in total. The van der Waals surface area contributed by atoms with Gasteiger partial charge in [0.1, 0.15) is 0 Å². The number of nitrogens with zero attached hydrogens (tertiary/aromatic N) is 1. The highest BCUT2D eigenvalue weighted by atomic mass is 35.5. The Morgan fingerprint density at radius 3 is 2.58 bits per heavy atom. The molecular weight excluding hydrogens is 389 g/mol. The van der Waals surface area contributed by atoms with Crippen molar-refractivity contribution in [2.45, 2.75) is 23.8 Å². The second-order valence-electron chi connectivity index (χ2n) is 6.51. The van der Waals surface area contributed by atoms with Crippen molar-refractivity contribution in [3.8, 4) is 0 Å². The van der Waals surface area contributed by atoms with E-state index in [1.165, 1.54) is 4.90 Å². The largest absolute Gasteiger partial charge is 0.481 e. The zero-order valence-corrected chi connectivity index (χ0v) is 16.8. The van der Waals surface area contributed by atoms with Crippen LogP contribution < -0.4 is 0 Å². The van der Waals surface area contributed by atoms with Crippen LogP contribution in [0.1, 0.15) is 30.0 Å². The zero-order valence-electron chi connectivity index (χ0n) is 14.5. The van der Waals surface area contributed by atoms with E-state index in [0.29, 0.717) is 16.6 Å². The predicted molar refractivity (Wildman–Crippen MR) is 108 cm³/mol. The predicted octanol–water partition coefficient (Wildman–Crippen LogP) is 5.60. The summed E-state index contributed by atoms with van der Waals surface area (Å²) in [5, 5.41) is 10.7. The number of carboxylic acid groups (broad SMARTS) is 1. The third-order valence-electron chi connectivity index (χ3n) is 4.86. The normalized spacial score (nSPS) is 19.3. The number of benzene rings is 2. The number of piperidine rings is 1. The van der Waals surface area contributed by atoms with E-state index in [2.05, 4.69) is 29.2 Å². The molecule has 2 aromatic carbocycles. The average Bonchev–Trinajstić information content (AvgIpc) is 2.64. The molecule has 0 saturated carbocycles. The lowest BCUT2D eigenvalue weighted by Gasteiger charge is -2.38. The molecule has 3 rings (SSSR count). The van der Waals surface area contributed by atoms with Gasteiger partial charge in [0.2, 0.25) is 0 Å². The van der Waals surface area contributed by atoms with Crippen molar-refractivity contribution < 1.29 is 9.90 Å². The van der Waals surface area contributed by atoms with Gasteiger partial charge in [-0.25, -0.2) is 0 Å². The van der Waals surface area contributed by atoms with Crippen molar-refractivity contribution in [2.24, 2.45) is 5.92 Å². The number of hydrogen-bond acceptors (Lipinski definition) is 3. The summed E-state index contributed by atoms with van der Waals surface area (Å²) >= 11 is 14.3. The van der Waals surface area contributed by atoms with Gasteiger partial charge >= 0.3 is 5.97 Å². The molecule has 0 bridgehead atoms. The van der Waals surface area contributed by atoms with E-state index in [9.17, 15) is 9.90 Å². The minimum atomic E-state index is -0.728. The van der Waals surface area contributed by atoms with Crippen LogP contribution in [-0.4, -0.2) is 35.3 Å². The van der Waals surface area contributed by atoms with Gasteiger partial charge in [-0.3, -0.25) is 9.69 Å². The van der Waals surface area contributed by atoms with Crippen LogP contribution in [-0.2, 0) is 4.79 Å². The molecule has 0 aromatic heterocycles. The highest BCUT2D eigenvalue weighted by Gasteiger charge is 2.32. The smallest absolute Gasteiger partial charge is 0.307 e. The van der Waals surface area contributed by atoms with Crippen molar-refractivity contribution in [2.75, 3.05) is 19.3 Å². The summed E-state index contributed by atoms with van der Waals surface area (Å²) in [5.74, 6) is -1.07. The molecule has 6 heteroatoms. The highest BCUT2D eigenvalue weighted by molar-refractivity contribution is 7.98. The Bertz CT molecular complexity index is 782. The molecule has 1 N–H and O–H groups in total. The Labute approximate surface area is 168 Å². The van der Waals surface area contributed by atoms with Gasteiger partial charge in [-0.15, -0.1) is 11.8 Å². The zero-order chi connectivity index (χ0) is 18.7. The quantitative estimate of drug-likeness (QED) is 0.652. The van der Waals surface area contributed by atoms with Gasteiger partial charge in [-0.1, -0.05) is 41.4 Å². The van der Waals surface area contributed by atoms with Crippen LogP contribution in [0.5, 0.6) is 0 Å². The molecular formula is C20H21Cl2NO2S. The first-order chi connectivity index (χ1) is 12.5. The van der Waals surface area contributed by atoms with Gasteiger partial charge in [0.15, 0.2) is 0 Å². The van der Waals surface area contributed by atoms with E-state index in [-0.39, 0.29) is 12.0 Å². The summed E-state index contributed by atoms with van der Waals surface area (Å²) in [5.41, 5.74) is 2.07. The van der Waals surface area contributed by atoms with E-state index in [1.54, 1.807) is 17.8 Å². The van der Waals surface area contributed by atoms with Crippen molar-refractivity contribution in [1.29, 1.82) is 0 Å². The van der Waals surface area contributed by atoms with E-state index < -0.39 is 5.97 Å². The summed E-state index contributed by atoms with van der Waals surface area (Å²) in [6, 6.07) is 13.8. The maximum Gasteiger partial charge on any atom is 0.307 e. The molecule has 1 aliphatic rings. The number of likely N-dealkylation sites (tertiary alicyclic amines) is 1. The summed E-state index contributed by atoms with van der Waals surface area (Å²) < 4.78 is 0. The molecule has 1 fully saturated rings. The monoisotopic (exact) mass is 409 g/mol. The molecule has 0 spiro atoms. The van der Waals surface area contributed by atoms with E-state index >= 15 is 0 Å². The first-order valence-corrected chi connectivity index (χ1v) is 10.5. The Kier molecular flexibility index (Phi) is 6.51. The topological polar surface area (TPSA) is 40.5 Å². The minimum Gasteiger partial charge on any atom is -0.481 e. The summed E-state index contributed by atoms with van der Waals surface area (Å²) in [6.45, 7) is 1.36. The Morgan fingerprint density at radius 1 is 1.23 bits per heavy atom. The van der Waals surface area contributed by atoms with Gasteiger partial charge in [0, 0.05) is 21.5 Å². The fourth-order valence-corrected chi connectivity index (χ4v) is 4.46. The second-order valence-corrected chi connectivity index (χ2v) is 8.24. The first kappa shape index (κ1) is 19.6. The van der Waals surface area contributed by atoms with Gasteiger partial charge in [-0.2, -0.15) is 0 Å². The number of carboxylic acids is 1. The van der Waals surface area contributed by atoms with Gasteiger partial charge in [-0.05, 0) is 61.0 Å².